The van der Waals surface area contributed by atoms with Crippen molar-refractivity contribution in [3.8, 4) is 11.1 Å². The number of ether oxygens (including phenoxy) is 2. The van der Waals surface area contributed by atoms with E-state index < -0.39 is 36.7 Å². The van der Waals surface area contributed by atoms with Crippen molar-refractivity contribution in [2.45, 2.75) is 44.4 Å². The van der Waals surface area contributed by atoms with E-state index in [1.54, 1.807) is 6.92 Å². The molecular formula is C32H34N2O6. The topological polar surface area (TPSA) is 105 Å². The van der Waals surface area contributed by atoms with Gasteiger partial charge in [-0.2, -0.15) is 0 Å². The van der Waals surface area contributed by atoms with E-state index in [4.69, 9.17) is 9.47 Å². The Balaban J connectivity index is 1.29. The third kappa shape index (κ3) is 6.51. The second-order valence-corrected chi connectivity index (χ2v) is 10.5. The number of fused-ring (bicyclic) bond motifs is 3. The van der Waals surface area contributed by atoms with E-state index in [0.29, 0.717) is 6.54 Å². The van der Waals surface area contributed by atoms with Gasteiger partial charge in [0, 0.05) is 12.5 Å². The maximum Gasteiger partial charge on any atom is 0.407 e. The average molecular weight is 543 g/mol. The van der Waals surface area contributed by atoms with E-state index in [0.717, 1.165) is 40.7 Å². The fraction of sp³-hybridized carbons (Fsp3) is 0.344. The normalized spacial score (nSPS) is 15.4. The van der Waals surface area contributed by atoms with Crippen molar-refractivity contribution in [2.75, 3.05) is 19.7 Å². The van der Waals surface area contributed by atoms with Gasteiger partial charge in [0.05, 0.1) is 12.7 Å². The molecule has 0 bridgehead atoms. The monoisotopic (exact) mass is 542 g/mol. The SMILES string of the molecule is C[C@H](OCc1ccccc1)[C@@H](NC(=O)OCC1c2ccccc2-c2ccccc21)C(=O)N(CC(=O)O)CC1CC1. The lowest BCUT2D eigenvalue weighted by molar-refractivity contribution is -0.147. The summed E-state index contributed by atoms with van der Waals surface area (Å²) in [7, 11) is 0. The second-order valence-electron chi connectivity index (χ2n) is 10.5. The zero-order valence-electron chi connectivity index (χ0n) is 22.5. The number of carboxylic acids is 1. The third-order valence-corrected chi connectivity index (χ3v) is 7.52. The Hall–Kier alpha value is -4.17. The van der Waals surface area contributed by atoms with Crippen molar-refractivity contribution in [2.24, 2.45) is 5.92 Å². The van der Waals surface area contributed by atoms with Crippen LogP contribution in [0.15, 0.2) is 78.9 Å². The number of benzene rings is 3. The largest absolute Gasteiger partial charge is 0.480 e. The molecule has 3 aromatic carbocycles. The van der Waals surface area contributed by atoms with Crippen molar-refractivity contribution in [1.29, 1.82) is 0 Å². The maximum absolute atomic E-state index is 13.6. The van der Waals surface area contributed by atoms with Crippen LogP contribution in [0.2, 0.25) is 0 Å². The third-order valence-electron chi connectivity index (χ3n) is 7.52. The van der Waals surface area contributed by atoms with Gasteiger partial charge in [0.15, 0.2) is 0 Å². The quantitative estimate of drug-likeness (QED) is 0.340. The molecule has 40 heavy (non-hydrogen) atoms. The zero-order chi connectivity index (χ0) is 28.1. The smallest absolute Gasteiger partial charge is 0.407 e. The number of nitrogens with one attached hydrogen (secondary N) is 1. The molecule has 0 radical (unpaired) electrons. The Bertz CT molecular complexity index is 1310. The van der Waals surface area contributed by atoms with Crippen LogP contribution in [0, 0.1) is 5.92 Å². The molecule has 2 atom stereocenters. The van der Waals surface area contributed by atoms with E-state index in [9.17, 15) is 19.5 Å². The Morgan fingerprint density at radius 3 is 2.12 bits per heavy atom. The minimum absolute atomic E-state index is 0.0982. The van der Waals surface area contributed by atoms with Gasteiger partial charge in [-0.05, 0) is 53.5 Å². The molecule has 208 valence electrons. The van der Waals surface area contributed by atoms with Gasteiger partial charge in [0.25, 0.3) is 0 Å². The summed E-state index contributed by atoms with van der Waals surface area (Å²) in [5.74, 6) is -1.45. The standard InChI is InChI=1S/C32H34N2O6/c1-21(39-19-23-9-3-2-4-10-23)30(31(37)34(18-29(35)36)17-22-15-16-22)33-32(38)40-20-28-26-13-7-5-11-24(26)25-12-6-8-14-27(25)28/h2-14,21-22,28,30H,15-20H2,1H3,(H,33,38)(H,35,36)/t21-,30+/m0/s1. The van der Waals surface area contributed by atoms with Gasteiger partial charge in [-0.3, -0.25) is 9.59 Å². The first-order valence-electron chi connectivity index (χ1n) is 13.7. The Labute approximate surface area is 233 Å². The first-order chi connectivity index (χ1) is 19.4. The summed E-state index contributed by atoms with van der Waals surface area (Å²) in [6.45, 7) is 1.93. The first-order valence-corrected chi connectivity index (χ1v) is 13.7. The summed E-state index contributed by atoms with van der Waals surface area (Å²) < 4.78 is 11.7. The number of carbonyl (C=O) groups excluding carboxylic acids is 2. The van der Waals surface area contributed by atoms with E-state index in [2.05, 4.69) is 17.4 Å². The average Bonchev–Trinajstić information content (AvgIpc) is 3.73. The molecule has 0 spiro atoms. The van der Waals surface area contributed by atoms with Crippen molar-refractivity contribution in [3.63, 3.8) is 0 Å². The number of alkyl carbamates (subject to hydrolysis) is 1. The molecule has 2 amide bonds. The number of hydrogen-bond donors (Lipinski definition) is 2. The molecule has 8 heteroatoms. The Morgan fingerprint density at radius 2 is 1.52 bits per heavy atom. The Morgan fingerprint density at radius 1 is 0.925 bits per heavy atom. The number of carbonyl (C=O) groups is 3. The zero-order valence-corrected chi connectivity index (χ0v) is 22.5. The highest BCUT2D eigenvalue weighted by molar-refractivity contribution is 5.88. The summed E-state index contributed by atoms with van der Waals surface area (Å²) in [6, 6.07) is 24.5. The van der Waals surface area contributed by atoms with Gasteiger partial charge in [0.1, 0.15) is 19.2 Å². The molecule has 2 aliphatic carbocycles. The highest BCUT2D eigenvalue weighted by Crippen LogP contribution is 2.44. The van der Waals surface area contributed by atoms with Crippen LogP contribution in [0.5, 0.6) is 0 Å². The summed E-state index contributed by atoms with van der Waals surface area (Å²) in [4.78, 5) is 39.6. The van der Waals surface area contributed by atoms with Gasteiger partial charge < -0.3 is 24.8 Å². The molecule has 0 aliphatic heterocycles. The van der Waals surface area contributed by atoms with Crippen LogP contribution >= 0.6 is 0 Å². The second kappa shape index (κ2) is 12.3. The molecule has 5 rings (SSSR count). The van der Waals surface area contributed by atoms with E-state index in [-0.39, 0.29) is 25.0 Å². The van der Waals surface area contributed by atoms with Gasteiger partial charge in [0.2, 0.25) is 5.91 Å². The fourth-order valence-electron chi connectivity index (χ4n) is 5.25. The van der Waals surface area contributed by atoms with Crippen molar-refractivity contribution in [1.82, 2.24) is 10.2 Å². The molecule has 0 heterocycles. The molecule has 8 nitrogen and oxygen atoms in total. The summed E-state index contributed by atoms with van der Waals surface area (Å²) in [6.07, 6.45) is 0.419. The Kier molecular flexibility index (Phi) is 8.45. The molecule has 0 saturated heterocycles. The molecule has 3 aromatic rings. The van der Waals surface area contributed by atoms with Crippen molar-refractivity contribution < 1.29 is 29.0 Å². The highest BCUT2D eigenvalue weighted by Gasteiger charge is 2.36. The number of rotatable bonds is 12. The number of nitrogens with zero attached hydrogens (tertiary/aromatic N) is 1. The predicted molar refractivity (Wildman–Crippen MR) is 150 cm³/mol. The van der Waals surface area contributed by atoms with E-state index >= 15 is 0 Å². The lowest BCUT2D eigenvalue weighted by Gasteiger charge is -2.30. The van der Waals surface area contributed by atoms with Crippen LogP contribution in [0.4, 0.5) is 4.79 Å². The fourth-order valence-corrected chi connectivity index (χ4v) is 5.25. The summed E-state index contributed by atoms with van der Waals surface area (Å²) in [5, 5.41) is 12.2. The van der Waals surface area contributed by atoms with Gasteiger partial charge in [-0.25, -0.2) is 4.79 Å². The van der Waals surface area contributed by atoms with Crippen molar-refractivity contribution in [3.05, 3.63) is 95.6 Å². The van der Waals surface area contributed by atoms with Crippen LogP contribution in [-0.2, 0) is 25.7 Å². The van der Waals surface area contributed by atoms with E-state index in [1.165, 1.54) is 4.90 Å². The van der Waals surface area contributed by atoms with Crippen LogP contribution in [0.1, 0.15) is 42.4 Å². The molecular weight excluding hydrogens is 508 g/mol. The molecule has 2 N–H and O–H groups in total. The first kappa shape index (κ1) is 27.4. The summed E-state index contributed by atoms with van der Waals surface area (Å²) >= 11 is 0. The maximum atomic E-state index is 13.6. The molecule has 1 fully saturated rings. The number of amides is 2. The van der Waals surface area contributed by atoms with Crippen LogP contribution in [-0.4, -0.2) is 59.8 Å². The summed E-state index contributed by atoms with van der Waals surface area (Å²) in [5.41, 5.74) is 5.32. The van der Waals surface area contributed by atoms with Crippen LogP contribution in [0.25, 0.3) is 11.1 Å². The number of hydrogen-bond acceptors (Lipinski definition) is 5. The van der Waals surface area contributed by atoms with Crippen LogP contribution < -0.4 is 5.32 Å². The minimum atomic E-state index is -1.11. The lowest BCUT2D eigenvalue weighted by Crippen LogP contribution is -2.55. The van der Waals surface area contributed by atoms with Crippen LogP contribution in [0.3, 0.4) is 0 Å². The van der Waals surface area contributed by atoms with E-state index in [1.807, 2.05) is 66.7 Å². The molecule has 1 saturated carbocycles. The number of carboxylic acid groups (broad SMARTS) is 1. The minimum Gasteiger partial charge on any atom is -0.480 e. The van der Waals surface area contributed by atoms with Gasteiger partial charge in [-0.15, -0.1) is 0 Å². The molecule has 0 unspecified atom stereocenters. The highest BCUT2D eigenvalue weighted by atomic mass is 16.5. The van der Waals surface area contributed by atoms with Gasteiger partial charge >= 0.3 is 12.1 Å². The van der Waals surface area contributed by atoms with Gasteiger partial charge in [-0.1, -0.05) is 78.9 Å². The predicted octanol–water partition coefficient (Wildman–Crippen LogP) is 4.82. The van der Waals surface area contributed by atoms with Crippen molar-refractivity contribution >= 4 is 18.0 Å². The number of aliphatic carboxylic acids is 1. The molecule has 0 aromatic heterocycles. The molecule has 2 aliphatic rings. The lowest BCUT2D eigenvalue weighted by atomic mass is 9.98.